The first-order chi connectivity index (χ1) is 22.7. The van der Waals surface area contributed by atoms with Gasteiger partial charge in [-0.3, -0.25) is 9.83 Å². The maximum atomic E-state index is 13.3. The van der Waals surface area contributed by atoms with Crippen LogP contribution in [0.15, 0.2) is 89.0 Å². The molecule has 4 aromatic rings. The maximum Gasteiger partial charge on any atom is 0.252 e. The summed E-state index contributed by atoms with van der Waals surface area (Å²) in [5.74, 6) is 0.792. The number of carbonyl (C=O) groups is 1. The zero-order valence-electron chi connectivity index (χ0n) is 26.6. The third-order valence-electron chi connectivity index (χ3n) is 7.49. The average Bonchev–Trinajstić information content (AvgIpc) is 3.07. The van der Waals surface area contributed by atoms with Crippen molar-refractivity contribution < 1.29 is 39.1 Å². The largest absolute Gasteiger partial charge is 0.691 e. The molecule has 1 aromatic heterocycles. The molecule has 0 aliphatic carbocycles. The minimum absolute atomic E-state index is 0.0919. The van der Waals surface area contributed by atoms with Gasteiger partial charge < -0.3 is 20.4 Å². The second-order valence-corrected chi connectivity index (χ2v) is 12.4. The molecule has 0 saturated heterocycles. The molecule has 0 spiro atoms. The molecule has 0 bridgehead atoms. The van der Waals surface area contributed by atoms with Crippen LogP contribution in [-0.2, 0) is 15.8 Å². The van der Waals surface area contributed by atoms with Gasteiger partial charge in [-0.15, -0.1) is 0 Å². The molecular formula is C35H39FN4O6S. The first kappa shape index (κ1) is 35.5. The van der Waals surface area contributed by atoms with Crippen molar-refractivity contribution in [2.75, 3.05) is 13.2 Å². The molecule has 0 aliphatic rings. The Balaban J connectivity index is 1.19. The lowest BCUT2D eigenvalue weighted by Gasteiger charge is -2.25. The number of nitrogens with two attached hydrogens (primary N) is 1. The maximum absolute atomic E-state index is 13.3. The van der Waals surface area contributed by atoms with Gasteiger partial charge in [-0.25, -0.2) is 9.37 Å². The highest BCUT2D eigenvalue weighted by molar-refractivity contribution is 7.94. The van der Waals surface area contributed by atoms with Crippen molar-refractivity contribution in [2.45, 2.75) is 51.3 Å². The summed E-state index contributed by atoms with van der Waals surface area (Å²) in [4.78, 5) is 17.8. The zero-order chi connectivity index (χ0) is 33.6. The van der Waals surface area contributed by atoms with Gasteiger partial charge >= 0.3 is 0 Å². The van der Waals surface area contributed by atoms with Crippen LogP contribution in [0.5, 0.6) is 11.5 Å². The number of phenols is 1. The molecule has 248 valence electrons. The highest BCUT2D eigenvalue weighted by Crippen LogP contribution is 2.36. The standard InChI is InChI=1S/C35H39FN4O6S/c1-4-24-19-29(25-11-14-28(36)15-12-25)30(41)20-31(24)44-18-8-7-17-35(2,3)23-38-34(42)27-13-16-33(37-21-27)40-39-22-26-9-5-6-10-32(26)47-46-45-43/h5-6,9-16,19-22,41,43H,4,7-8,17-18,23H2,1-3H3,(H,37,40)(H,38,42)/b39-22+. The van der Waals surface area contributed by atoms with Gasteiger partial charge in [0.25, 0.3) is 11.7 Å². The van der Waals surface area contributed by atoms with Gasteiger partial charge in [0.05, 0.1) is 30.4 Å². The number of aromatic hydroxyl groups is 1. The number of pyridine rings is 1. The van der Waals surface area contributed by atoms with Crippen LogP contribution in [0.25, 0.3) is 11.1 Å². The van der Waals surface area contributed by atoms with E-state index >= 15 is 0 Å². The van der Waals surface area contributed by atoms with E-state index < -0.39 is 0 Å². The van der Waals surface area contributed by atoms with Crippen molar-refractivity contribution in [3.05, 3.63) is 102 Å². The van der Waals surface area contributed by atoms with E-state index in [1.165, 1.54) is 18.3 Å². The Hall–Kier alpha value is -4.33. The summed E-state index contributed by atoms with van der Waals surface area (Å²) >= 11 is 0.791. The number of aromatic nitrogens is 1. The number of hydrogen-bond acceptors (Lipinski definition) is 9. The fourth-order valence-electron chi connectivity index (χ4n) is 4.81. The van der Waals surface area contributed by atoms with Crippen molar-refractivity contribution in [3.8, 4) is 22.6 Å². The Labute approximate surface area is 278 Å². The van der Waals surface area contributed by atoms with E-state index in [9.17, 15) is 19.5 Å². The summed E-state index contributed by atoms with van der Waals surface area (Å²) in [6.45, 7) is 7.25. The number of rotatable bonds is 17. The molecule has 12 heteroatoms. The Morgan fingerprint density at radius 3 is 2.64 bits per heavy atom. The number of nitrogens with one attached hydrogen (secondary N) is 1. The predicted molar refractivity (Wildman–Crippen MR) is 176 cm³/mol. The summed E-state index contributed by atoms with van der Waals surface area (Å²) in [5, 5.41) is 31.4. The number of quaternary nitrogens is 1. The van der Waals surface area contributed by atoms with Crippen molar-refractivity contribution in [2.24, 2.45) is 10.5 Å². The smallest absolute Gasteiger partial charge is 0.252 e. The fraction of sp³-hybridized carbons (Fsp3) is 0.286. The van der Waals surface area contributed by atoms with E-state index in [4.69, 9.17) is 4.74 Å². The van der Waals surface area contributed by atoms with Gasteiger partial charge in [-0.2, -0.15) is 9.76 Å². The Morgan fingerprint density at radius 1 is 1.13 bits per heavy atom. The van der Waals surface area contributed by atoms with Gasteiger partial charge in [-0.05, 0) is 72.6 Å². The third-order valence-corrected chi connectivity index (χ3v) is 8.16. The number of amides is 1. The summed E-state index contributed by atoms with van der Waals surface area (Å²) < 4.78 is 23.8. The van der Waals surface area contributed by atoms with Gasteiger partial charge in [0.15, 0.2) is 0 Å². The molecule has 4 rings (SSSR count). The number of aryl methyl sites for hydroxylation is 1. The van der Waals surface area contributed by atoms with Gasteiger partial charge in [0.2, 0.25) is 0 Å². The zero-order valence-corrected chi connectivity index (χ0v) is 27.4. The fourth-order valence-corrected chi connectivity index (χ4v) is 5.26. The highest BCUT2D eigenvalue weighted by Gasteiger charge is 2.19. The average molecular weight is 663 g/mol. The van der Waals surface area contributed by atoms with Gasteiger partial charge in [-0.1, -0.05) is 56.2 Å². The topological polar surface area (TPSA) is 142 Å². The van der Waals surface area contributed by atoms with Crippen molar-refractivity contribution in [1.82, 2.24) is 10.3 Å². The van der Waals surface area contributed by atoms with Crippen LogP contribution < -0.4 is 20.7 Å². The molecule has 10 nitrogen and oxygen atoms in total. The van der Waals surface area contributed by atoms with Crippen LogP contribution in [0.1, 0.15) is 61.5 Å². The molecule has 47 heavy (non-hydrogen) atoms. The summed E-state index contributed by atoms with van der Waals surface area (Å²) in [6, 6.07) is 20.2. The molecule has 0 saturated carbocycles. The van der Waals surface area contributed by atoms with Crippen molar-refractivity contribution >= 4 is 30.0 Å². The monoisotopic (exact) mass is 662 g/mol. The van der Waals surface area contributed by atoms with E-state index in [0.717, 1.165) is 54.4 Å². The number of ether oxygens (including phenoxy) is 1. The Bertz CT molecular complexity index is 1630. The number of benzene rings is 3. The Kier molecular flexibility index (Phi) is 13.3. The Morgan fingerprint density at radius 2 is 1.91 bits per heavy atom. The highest BCUT2D eigenvalue weighted by atomic mass is 32.2. The van der Waals surface area contributed by atoms with Crippen molar-refractivity contribution in [3.63, 3.8) is 0 Å². The summed E-state index contributed by atoms with van der Waals surface area (Å²) in [7, 11) is 0. The second-order valence-electron chi connectivity index (χ2n) is 11.6. The van der Waals surface area contributed by atoms with Crippen LogP contribution in [-0.4, -0.2) is 35.4 Å². The number of carbonyl (C=O) groups excluding carboxylic acids is 1. The predicted octanol–water partition coefficient (Wildman–Crippen LogP) is 5.62. The molecular weight excluding hydrogens is 623 g/mol. The number of phenolic OH excluding ortho intramolecular Hbond substituents is 1. The molecule has 0 unspecified atom stereocenters. The van der Waals surface area contributed by atoms with E-state index in [2.05, 4.69) is 38.6 Å². The van der Waals surface area contributed by atoms with E-state index in [1.807, 2.05) is 25.1 Å². The lowest BCUT2D eigenvalue weighted by molar-refractivity contribution is -0.777. The number of hydrogen-bond donors (Lipinski definition) is 3. The number of nitrogens with zero attached hydrogens (tertiary/aromatic N) is 2. The normalized spacial score (nSPS) is 11.6. The van der Waals surface area contributed by atoms with E-state index in [-0.39, 0.29) is 22.9 Å². The molecule has 1 amide bonds. The minimum atomic E-state index is -0.323. The minimum Gasteiger partial charge on any atom is -0.691 e. The lowest BCUT2D eigenvalue weighted by Crippen LogP contribution is -2.71. The van der Waals surface area contributed by atoms with E-state index in [0.29, 0.717) is 40.7 Å². The van der Waals surface area contributed by atoms with Gasteiger partial charge in [0, 0.05) is 40.9 Å². The van der Waals surface area contributed by atoms with E-state index in [1.54, 1.807) is 54.1 Å². The first-order valence-corrected chi connectivity index (χ1v) is 16.0. The second kappa shape index (κ2) is 17.5. The molecule has 0 atom stereocenters. The van der Waals surface area contributed by atoms with Crippen LogP contribution >= 0.6 is 12.0 Å². The molecule has 1 heterocycles. The van der Waals surface area contributed by atoms with Crippen LogP contribution in [0.2, 0.25) is 0 Å². The van der Waals surface area contributed by atoms with Crippen LogP contribution in [0.3, 0.4) is 0 Å². The lowest BCUT2D eigenvalue weighted by atomic mass is 9.87. The SMILES string of the molecule is CCc1cc(-c2ccc(F)cc2)c(O)cc1OCCCCC(C)(C)CNC(=O)c1ccc([NH2+]/N=C/c2ccccc2SOO[O-])nc1. The van der Waals surface area contributed by atoms with Gasteiger partial charge in [0.1, 0.15) is 17.3 Å². The first-order valence-electron chi connectivity index (χ1n) is 15.3. The molecule has 0 radical (unpaired) electrons. The summed E-state index contributed by atoms with van der Waals surface area (Å²) in [6.07, 6.45) is 6.45. The van der Waals surface area contributed by atoms with Crippen LogP contribution in [0.4, 0.5) is 10.2 Å². The quantitative estimate of drug-likeness (QED) is 0.0330. The molecule has 0 fully saturated rings. The third kappa shape index (κ3) is 10.9. The molecule has 3 aromatic carbocycles. The number of halogens is 1. The molecule has 4 N–H and O–H groups in total. The summed E-state index contributed by atoms with van der Waals surface area (Å²) in [5.41, 5.74) is 4.98. The molecule has 0 aliphatic heterocycles. The van der Waals surface area contributed by atoms with Crippen molar-refractivity contribution in [1.29, 1.82) is 0 Å². The number of unbranched alkanes of at least 4 members (excludes halogenated alkanes) is 1. The van der Waals surface area contributed by atoms with Crippen LogP contribution in [0, 0.1) is 11.2 Å².